The van der Waals surface area contributed by atoms with Crippen LogP contribution in [0.5, 0.6) is 11.5 Å². The quantitative estimate of drug-likeness (QED) is 0.800. The predicted octanol–water partition coefficient (Wildman–Crippen LogP) is 1.39. The van der Waals surface area contributed by atoms with Gasteiger partial charge < -0.3 is 20.3 Å². The van der Waals surface area contributed by atoms with Gasteiger partial charge in [-0.15, -0.1) is 0 Å². The van der Waals surface area contributed by atoms with E-state index in [2.05, 4.69) is 0 Å². The van der Waals surface area contributed by atoms with E-state index in [-0.39, 0.29) is 6.54 Å². The van der Waals surface area contributed by atoms with Crippen molar-refractivity contribution in [1.82, 2.24) is 0 Å². The molecule has 0 heterocycles. The third-order valence-electron chi connectivity index (χ3n) is 2.95. The maximum atomic E-state index is 11.3. The van der Waals surface area contributed by atoms with Crippen molar-refractivity contribution >= 4 is 5.97 Å². The van der Waals surface area contributed by atoms with Crippen LogP contribution < -0.4 is 15.2 Å². The van der Waals surface area contributed by atoms with E-state index in [9.17, 15) is 9.90 Å². The summed E-state index contributed by atoms with van der Waals surface area (Å²) in [5, 5.41) is 9.25. The van der Waals surface area contributed by atoms with Crippen molar-refractivity contribution < 1.29 is 19.4 Å². The second-order valence-electron chi connectivity index (χ2n) is 3.84. The number of methoxy groups -OCH3 is 2. The average molecular weight is 253 g/mol. The van der Waals surface area contributed by atoms with Crippen molar-refractivity contribution in [2.45, 2.75) is 19.3 Å². The zero-order chi connectivity index (χ0) is 13.7. The van der Waals surface area contributed by atoms with Gasteiger partial charge in [-0.3, -0.25) is 4.79 Å². The standard InChI is InChI=1S/C13H19NO4/c1-4-8-10(17-2)5-6-11(18-3)12(8)9(7-14)13(15)16/h5-6,9H,4,7,14H2,1-3H3,(H,15,16). The molecule has 0 radical (unpaired) electrons. The first-order valence-corrected chi connectivity index (χ1v) is 5.77. The van der Waals surface area contributed by atoms with Crippen LogP contribution in [0.25, 0.3) is 0 Å². The lowest BCUT2D eigenvalue weighted by molar-refractivity contribution is -0.138. The van der Waals surface area contributed by atoms with Crippen molar-refractivity contribution in [3.63, 3.8) is 0 Å². The van der Waals surface area contributed by atoms with Crippen LogP contribution in [0.1, 0.15) is 24.0 Å². The van der Waals surface area contributed by atoms with E-state index in [0.29, 0.717) is 23.5 Å². The molecule has 100 valence electrons. The van der Waals surface area contributed by atoms with Gasteiger partial charge in [0.2, 0.25) is 0 Å². The van der Waals surface area contributed by atoms with Gasteiger partial charge in [0.15, 0.2) is 0 Å². The molecule has 0 aliphatic rings. The Morgan fingerprint density at radius 3 is 2.28 bits per heavy atom. The molecule has 0 aromatic heterocycles. The third-order valence-corrected chi connectivity index (χ3v) is 2.95. The number of ether oxygens (including phenoxy) is 2. The molecular formula is C13H19NO4. The summed E-state index contributed by atoms with van der Waals surface area (Å²) in [6, 6.07) is 3.48. The molecule has 5 heteroatoms. The van der Waals surface area contributed by atoms with E-state index in [1.54, 1.807) is 19.2 Å². The highest BCUT2D eigenvalue weighted by Gasteiger charge is 2.26. The Labute approximate surface area is 107 Å². The van der Waals surface area contributed by atoms with Gasteiger partial charge in [0.05, 0.1) is 20.1 Å². The number of carboxylic acid groups (broad SMARTS) is 1. The second kappa shape index (κ2) is 6.26. The van der Waals surface area contributed by atoms with Gasteiger partial charge in [-0.25, -0.2) is 0 Å². The summed E-state index contributed by atoms with van der Waals surface area (Å²) in [6.07, 6.45) is 0.652. The van der Waals surface area contributed by atoms with Gasteiger partial charge >= 0.3 is 5.97 Å². The van der Waals surface area contributed by atoms with Gasteiger partial charge in [-0.1, -0.05) is 6.92 Å². The minimum atomic E-state index is -0.959. The molecule has 0 amide bonds. The highest BCUT2D eigenvalue weighted by Crippen LogP contribution is 2.36. The highest BCUT2D eigenvalue weighted by atomic mass is 16.5. The molecule has 0 aliphatic carbocycles. The lowest BCUT2D eigenvalue weighted by Gasteiger charge is -2.20. The fourth-order valence-corrected chi connectivity index (χ4v) is 2.08. The lowest BCUT2D eigenvalue weighted by atomic mass is 9.91. The molecule has 0 bridgehead atoms. The Balaban J connectivity index is 3.48. The van der Waals surface area contributed by atoms with Crippen molar-refractivity contribution in [3.8, 4) is 11.5 Å². The number of benzene rings is 1. The Morgan fingerprint density at radius 1 is 1.33 bits per heavy atom. The lowest BCUT2D eigenvalue weighted by Crippen LogP contribution is -2.23. The maximum Gasteiger partial charge on any atom is 0.312 e. The van der Waals surface area contributed by atoms with E-state index < -0.39 is 11.9 Å². The molecule has 5 nitrogen and oxygen atoms in total. The Kier molecular flexibility index (Phi) is 4.97. The molecule has 1 unspecified atom stereocenters. The summed E-state index contributed by atoms with van der Waals surface area (Å²) >= 11 is 0. The molecule has 3 N–H and O–H groups in total. The molecule has 18 heavy (non-hydrogen) atoms. The number of aliphatic carboxylic acids is 1. The number of hydrogen-bond donors (Lipinski definition) is 2. The Hall–Kier alpha value is -1.75. The first kappa shape index (κ1) is 14.3. The summed E-state index contributed by atoms with van der Waals surface area (Å²) in [7, 11) is 3.07. The molecule has 0 aliphatic heterocycles. The van der Waals surface area contributed by atoms with Gasteiger partial charge in [-0.05, 0) is 18.6 Å². The minimum absolute atomic E-state index is 0.0197. The predicted molar refractivity (Wildman–Crippen MR) is 68.4 cm³/mol. The van der Waals surface area contributed by atoms with Crippen LogP contribution >= 0.6 is 0 Å². The van der Waals surface area contributed by atoms with E-state index in [0.717, 1.165) is 5.56 Å². The largest absolute Gasteiger partial charge is 0.496 e. The molecule has 0 fully saturated rings. The van der Waals surface area contributed by atoms with E-state index in [1.807, 2.05) is 6.92 Å². The smallest absolute Gasteiger partial charge is 0.312 e. The fourth-order valence-electron chi connectivity index (χ4n) is 2.08. The number of rotatable bonds is 6. The first-order valence-electron chi connectivity index (χ1n) is 5.77. The van der Waals surface area contributed by atoms with Gasteiger partial charge in [0, 0.05) is 17.7 Å². The van der Waals surface area contributed by atoms with Crippen LogP contribution in [0.15, 0.2) is 12.1 Å². The van der Waals surface area contributed by atoms with Crippen LogP contribution in [0.2, 0.25) is 0 Å². The number of carboxylic acids is 1. The van der Waals surface area contributed by atoms with Gasteiger partial charge in [0.1, 0.15) is 11.5 Å². The number of hydrogen-bond acceptors (Lipinski definition) is 4. The summed E-state index contributed by atoms with van der Waals surface area (Å²) in [6.45, 7) is 1.96. The van der Waals surface area contributed by atoms with Gasteiger partial charge in [-0.2, -0.15) is 0 Å². The Morgan fingerprint density at radius 2 is 1.89 bits per heavy atom. The van der Waals surface area contributed by atoms with E-state index in [4.69, 9.17) is 15.2 Å². The molecule has 0 spiro atoms. The molecule has 0 saturated heterocycles. The van der Waals surface area contributed by atoms with Crippen molar-refractivity contribution in [1.29, 1.82) is 0 Å². The van der Waals surface area contributed by atoms with Crippen LogP contribution in [-0.2, 0) is 11.2 Å². The van der Waals surface area contributed by atoms with Crippen molar-refractivity contribution in [2.24, 2.45) is 5.73 Å². The molecule has 1 aromatic carbocycles. The van der Waals surface area contributed by atoms with E-state index >= 15 is 0 Å². The third kappa shape index (κ3) is 2.56. The number of nitrogens with two attached hydrogens (primary N) is 1. The van der Waals surface area contributed by atoms with Gasteiger partial charge in [0.25, 0.3) is 0 Å². The monoisotopic (exact) mass is 253 g/mol. The highest BCUT2D eigenvalue weighted by molar-refractivity contribution is 5.79. The normalized spacial score (nSPS) is 12.0. The maximum absolute atomic E-state index is 11.3. The van der Waals surface area contributed by atoms with Crippen LogP contribution in [0.4, 0.5) is 0 Å². The zero-order valence-corrected chi connectivity index (χ0v) is 10.9. The van der Waals surface area contributed by atoms with Crippen LogP contribution in [0.3, 0.4) is 0 Å². The summed E-state index contributed by atoms with van der Waals surface area (Å²) in [5.41, 5.74) is 7.00. The first-order chi connectivity index (χ1) is 8.60. The molecular weight excluding hydrogens is 234 g/mol. The molecule has 1 aromatic rings. The molecule has 1 atom stereocenters. The fraction of sp³-hybridized carbons (Fsp3) is 0.462. The van der Waals surface area contributed by atoms with Crippen molar-refractivity contribution in [3.05, 3.63) is 23.3 Å². The van der Waals surface area contributed by atoms with Crippen molar-refractivity contribution in [2.75, 3.05) is 20.8 Å². The second-order valence-corrected chi connectivity index (χ2v) is 3.84. The van der Waals surface area contributed by atoms with E-state index in [1.165, 1.54) is 7.11 Å². The Bertz CT molecular complexity index is 431. The minimum Gasteiger partial charge on any atom is -0.496 e. The SMILES string of the molecule is CCc1c(OC)ccc(OC)c1C(CN)C(=O)O. The molecule has 1 rings (SSSR count). The van der Waals surface area contributed by atoms with Crippen LogP contribution in [-0.4, -0.2) is 31.8 Å². The molecule has 0 saturated carbocycles. The summed E-state index contributed by atoms with van der Waals surface area (Å²) < 4.78 is 10.5. The van der Waals surface area contributed by atoms with Crippen LogP contribution in [0, 0.1) is 0 Å². The topological polar surface area (TPSA) is 81.8 Å². The zero-order valence-electron chi connectivity index (χ0n) is 10.9. The summed E-state index contributed by atoms with van der Waals surface area (Å²) in [5.74, 6) is -0.553. The number of carbonyl (C=O) groups is 1. The average Bonchev–Trinajstić information content (AvgIpc) is 2.38. The summed E-state index contributed by atoms with van der Waals surface area (Å²) in [4.78, 5) is 11.3.